The molecule has 9 nitrogen and oxygen atoms in total. The second kappa shape index (κ2) is 11.5. The standard InChI is InChI=1S/C29H29FN6O3/c1-3-14-31-27(37)29(2)17-38-26(39-18-29)25-35-23(20-9-11-21(30)12-10-20)24(36-25)22-13-15-32-28(34-22)33-16-19-7-5-4-6-8-19/h3-13,15,26H,1,14,16-18H2,2H3,(H,31,37)(H,35,36)(H,32,33,34). The predicted molar refractivity (Wildman–Crippen MR) is 145 cm³/mol. The van der Waals surface area contributed by atoms with Gasteiger partial charge in [-0.15, -0.1) is 6.58 Å². The van der Waals surface area contributed by atoms with E-state index in [2.05, 4.69) is 32.2 Å². The zero-order chi connectivity index (χ0) is 27.2. The van der Waals surface area contributed by atoms with Gasteiger partial charge in [0.05, 0.1) is 35.7 Å². The van der Waals surface area contributed by atoms with Crippen LogP contribution in [0.3, 0.4) is 0 Å². The average molecular weight is 529 g/mol. The third-order valence-electron chi connectivity index (χ3n) is 6.33. The molecule has 3 heterocycles. The Morgan fingerprint density at radius 3 is 2.59 bits per heavy atom. The molecular weight excluding hydrogens is 499 g/mol. The van der Waals surface area contributed by atoms with Crippen LogP contribution in [0.25, 0.3) is 22.6 Å². The highest BCUT2D eigenvalue weighted by atomic mass is 19.1. The van der Waals surface area contributed by atoms with Crippen molar-refractivity contribution in [2.75, 3.05) is 25.1 Å². The summed E-state index contributed by atoms with van der Waals surface area (Å²) >= 11 is 0. The van der Waals surface area contributed by atoms with Gasteiger partial charge in [-0.25, -0.2) is 19.3 Å². The van der Waals surface area contributed by atoms with Crippen LogP contribution in [0.15, 0.2) is 79.5 Å². The largest absolute Gasteiger partial charge is 0.352 e. The van der Waals surface area contributed by atoms with Crippen molar-refractivity contribution in [2.45, 2.75) is 19.8 Å². The van der Waals surface area contributed by atoms with Crippen LogP contribution in [0.4, 0.5) is 10.3 Å². The highest BCUT2D eigenvalue weighted by Crippen LogP contribution is 2.35. The fraction of sp³-hybridized carbons (Fsp3) is 0.241. The fourth-order valence-electron chi connectivity index (χ4n) is 4.14. The highest BCUT2D eigenvalue weighted by Gasteiger charge is 2.40. The maximum atomic E-state index is 13.7. The molecule has 4 aromatic rings. The maximum Gasteiger partial charge on any atom is 0.230 e. The van der Waals surface area contributed by atoms with Crippen molar-refractivity contribution in [1.82, 2.24) is 25.3 Å². The van der Waals surface area contributed by atoms with Crippen LogP contribution < -0.4 is 10.6 Å². The average Bonchev–Trinajstić information content (AvgIpc) is 3.42. The van der Waals surface area contributed by atoms with Crippen LogP contribution >= 0.6 is 0 Å². The summed E-state index contributed by atoms with van der Waals surface area (Å²) in [6.07, 6.45) is 2.45. The van der Waals surface area contributed by atoms with E-state index in [0.29, 0.717) is 47.5 Å². The molecule has 5 rings (SSSR count). The minimum absolute atomic E-state index is 0.142. The third kappa shape index (κ3) is 6.02. The Morgan fingerprint density at radius 2 is 1.87 bits per heavy atom. The summed E-state index contributed by atoms with van der Waals surface area (Å²) in [5.41, 5.74) is 2.69. The lowest BCUT2D eigenvalue weighted by Gasteiger charge is -2.35. The first-order valence-corrected chi connectivity index (χ1v) is 12.5. The number of aromatic nitrogens is 4. The number of anilines is 1. The molecule has 0 unspecified atom stereocenters. The lowest BCUT2D eigenvalue weighted by Crippen LogP contribution is -2.48. The monoisotopic (exact) mass is 528 g/mol. The van der Waals surface area contributed by atoms with Gasteiger partial charge in [0.2, 0.25) is 18.1 Å². The first-order valence-electron chi connectivity index (χ1n) is 12.5. The smallest absolute Gasteiger partial charge is 0.230 e. The Hall–Kier alpha value is -4.41. The maximum absolute atomic E-state index is 13.7. The molecule has 0 saturated carbocycles. The molecule has 10 heteroatoms. The second-order valence-corrected chi connectivity index (χ2v) is 9.47. The number of H-pyrrole nitrogens is 1. The van der Waals surface area contributed by atoms with E-state index in [4.69, 9.17) is 14.5 Å². The van der Waals surface area contributed by atoms with E-state index in [1.807, 2.05) is 30.3 Å². The number of halogens is 1. The third-order valence-corrected chi connectivity index (χ3v) is 6.33. The van der Waals surface area contributed by atoms with Crippen molar-refractivity contribution in [3.63, 3.8) is 0 Å². The molecule has 1 fully saturated rings. The first-order chi connectivity index (χ1) is 18.9. The Balaban J connectivity index is 1.41. The lowest BCUT2D eigenvalue weighted by molar-refractivity contribution is -0.230. The molecule has 1 saturated heterocycles. The lowest BCUT2D eigenvalue weighted by atomic mass is 9.91. The van der Waals surface area contributed by atoms with Gasteiger partial charge < -0.3 is 25.1 Å². The number of nitrogens with one attached hydrogen (secondary N) is 3. The van der Waals surface area contributed by atoms with E-state index in [9.17, 15) is 9.18 Å². The Labute approximate surface area is 225 Å². The number of carbonyl (C=O) groups excluding carboxylic acids is 1. The number of amides is 1. The van der Waals surface area contributed by atoms with Gasteiger partial charge in [-0.05, 0) is 42.8 Å². The van der Waals surface area contributed by atoms with Crippen molar-refractivity contribution < 1.29 is 18.7 Å². The zero-order valence-electron chi connectivity index (χ0n) is 21.5. The molecule has 3 N–H and O–H groups in total. The summed E-state index contributed by atoms with van der Waals surface area (Å²) in [4.78, 5) is 29.6. The summed E-state index contributed by atoms with van der Waals surface area (Å²) in [7, 11) is 0. The number of benzene rings is 2. The number of hydrogen-bond acceptors (Lipinski definition) is 7. The molecule has 1 aliphatic heterocycles. The quantitative estimate of drug-likeness (QED) is 0.271. The van der Waals surface area contributed by atoms with Crippen LogP contribution in [-0.2, 0) is 20.8 Å². The van der Waals surface area contributed by atoms with E-state index >= 15 is 0 Å². The number of hydrogen-bond donors (Lipinski definition) is 3. The predicted octanol–water partition coefficient (Wildman–Crippen LogP) is 4.64. The van der Waals surface area contributed by atoms with Crippen LogP contribution in [-0.4, -0.2) is 45.6 Å². The number of imidazole rings is 1. The molecule has 0 radical (unpaired) electrons. The molecule has 200 valence electrons. The van der Waals surface area contributed by atoms with Gasteiger partial charge in [-0.3, -0.25) is 4.79 Å². The number of carbonyl (C=O) groups is 1. The Bertz CT molecular complexity index is 1430. The van der Waals surface area contributed by atoms with Gasteiger partial charge in [0, 0.05) is 24.8 Å². The molecule has 1 aliphatic rings. The molecule has 0 spiro atoms. The minimum Gasteiger partial charge on any atom is -0.352 e. The molecule has 1 amide bonds. The van der Waals surface area contributed by atoms with E-state index in [0.717, 1.165) is 5.56 Å². The van der Waals surface area contributed by atoms with Gasteiger partial charge >= 0.3 is 0 Å². The van der Waals surface area contributed by atoms with Crippen molar-refractivity contribution in [3.05, 3.63) is 96.7 Å². The molecule has 2 aromatic heterocycles. The summed E-state index contributed by atoms with van der Waals surface area (Å²) < 4.78 is 25.6. The zero-order valence-corrected chi connectivity index (χ0v) is 21.5. The van der Waals surface area contributed by atoms with Crippen LogP contribution in [0.2, 0.25) is 0 Å². The Kier molecular flexibility index (Phi) is 7.76. The van der Waals surface area contributed by atoms with E-state index < -0.39 is 11.7 Å². The highest BCUT2D eigenvalue weighted by molar-refractivity contribution is 5.82. The summed E-state index contributed by atoms with van der Waals surface area (Å²) in [6.45, 7) is 6.61. The van der Waals surface area contributed by atoms with E-state index in [-0.39, 0.29) is 24.9 Å². The SMILES string of the molecule is C=CCNC(=O)C1(C)COC(c2nc(-c3ccc(F)cc3)c(-c3ccnc(NCc4ccccc4)n3)[nH]2)OC1. The summed E-state index contributed by atoms with van der Waals surface area (Å²) in [5, 5.41) is 6.04. The van der Waals surface area contributed by atoms with Crippen molar-refractivity contribution in [2.24, 2.45) is 5.41 Å². The number of rotatable bonds is 9. The second-order valence-electron chi connectivity index (χ2n) is 9.47. The molecule has 39 heavy (non-hydrogen) atoms. The molecule has 2 aromatic carbocycles. The summed E-state index contributed by atoms with van der Waals surface area (Å²) in [5.74, 6) is 0.335. The Morgan fingerprint density at radius 1 is 1.13 bits per heavy atom. The normalized spacial score (nSPS) is 18.9. The van der Waals surface area contributed by atoms with E-state index in [1.54, 1.807) is 37.4 Å². The summed E-state index contributed by atoms with van der Waals surface area (Å²) in [6, 6.07) is 17.8. The van der Waals surface area contributed by atoms with Crippen LogP contribution in [0, 0.1) is 11.2 Å². The number of nitrogens with zero attached hydrogens (tertiary/aromatic N) is 3. The molecule has 0 bridgehead atoms. The van der Waals surface area contributed by atoms with Gasteiger partial charge in [-0.2, -0.15) is 0 Å². The number of ether oxygens (including phenoxy) is 2. The molecular formula is C29H29FN6O3. The van der Waals surface area contributed by atoms with Gasteiger partial charge in [-0.1, -0.05) is 36.4 Å². The van der Waals surface area contributed by atoms with Crippen LogP contribution in [0.5, 0.6) is 0 Å². The fourth-order valence-corrected chi connectivity index (χ4v) is 4.14. The van der Waals surface area contributed by atoms with Gasteiger partial charge in [0.15, 0.2) is 5.82 Å². The molecule has 0 atom stereocenters. The van der Waals surface area contributed by atoms with Crippen molar-refractivity contribution >= 4 is 11.9 Å². The topological polar surface area (TPSA) is 114 Å². The van der Waals surface area contributed by atoms with Crippen molar-refractivity contribution in [1.29, 1.82) is 0 Å². The van der Waals surface area contributed by atoms with E-state index in [1.165, 1.54) is 12.1 Å². The minimum atomic E-state index is -0.847. The first kappa shape index (κ1) is 26.2. The number of aromatic amines is 1. The van der Waals surface area contributed by atoms with Crippen LogP contribution in [0.1, 0.15) is 24.6 Å². The van der Waals surface area contributed by atoms with Gasteiger partial charge in [0.1, 0.15) is 5.82 Å². The molecule has 0 aliphatic carbocycles. The van der Waals surface area contributed by atoms with Gasteiger partial charge in [0.25, 0.3) is 0 Å². The van der Waals surface area contributed by atoms with Crippen molar-refractivity contribution in [3.8, 4) is 22.6 Å².